The molecule has 0 aromatic heterocycles. The van der Waals surface area contributed by atoms with Crippen molar-refractivity contribution in [3.05, 3.63) is 0 Å². The van der Waals surface area contributed by atoms with E-state index in [1.165, 1.54) is 0 Å². The minimum Gasteiger partial charge on any atom is -0.444 e. The second-order valence-electron chi connectivity index (χ2n) is 8.59. The molecule has 1 heterocycles. The second kappa shape index (κ2) is 9.94. The third-order valence-corrected chi connectivity index (χ3v) is 4.96. The van der Waals surface area contributed by atoms with E-state index >= 15 is 0 Å². The van der Waals surface area contributed by atoms with Crippen LogP contribution in [0.5, 0.6) is 0 Å². The van der Waals surface area contributed by atoms with Crippen molar-refractivity contribution in [3.8, 4) is 0 Å². The highest BCUT2D eigenvalue weighted by molar-refractivity contribution is 7.88. The Morgan fingerprint density at radius 1 is 1.24 bits per heavy atom. The average molecular weight is 436 g/mol. The van der Waals surface area contributed by atoms with Gasteiger partial charge >= 0.3 is 6.09 Å². The first-order chi connectivity index (χ1) is 13.2. The van der Waals surface area contributed by atoms with Gasteiger partial charge in [-0.3, -0.25) is 9.89 Å². The highest BCUT2D eigenvalue weighted by Gasteiger charge is 2.49. The van der Waals surface area contributed by atoms with Crippen LogP contribution in [0.1, 0.15) is 48.0 Å². The van der Waals surface area contributed by atoms with E-state index in [9.17, 15) is 13.2 Å². The summed E-state index contributed by atoms with van der Waals surface area (Å²) >= 11 is 0. The lowest BCUT2D eigenvalue weighted by molar-refractivity contribution is -0.0755. The largest absolute Gasteiger partial charge is 0.444 e. The molecule has 10 nitrogen and oxygen atoms in total. The van der Waals surface area contributed by atoms with Crippen molar-refractivity contribution in [3.63, 3.8) is 0 Å². The van der Waals surface area contributed by atoms with Gasteiger partial charge in [-0.05, 0) is 48.0 Å². The molecule has 2 atom stereocenters. The van der Waals surface area contributed by atoms with Crippen molar-refractivity contribution in [2.45, 2.75) is 71.4 Å². The Morgan fingerprint density at radius 3 is 2.38 bits per heavy atom. The maximum atomic E-state index is 12.8. The summed E-state index contributed by atoms with van der Waals surface area (Å²) in [5.41, 5.74) is -1.39. The highest BCUT2D eigenvalue weighted by Crippen LogP contribution is 2.33. The quantitative estimate of drug-likeness (QED) is 0.308. The number of hydrogen-bond acceptors (Lipinski definition) is 6. The van der Waals surface area contributed by atoms with Crippen LogP contribution in [-0.4, -0.2) is 81.8 Å². The lowest BCUT2D eigenvalue weighted by atomic mass is 10.1. The van der Waals surface area contributed by atoms with Gasteiger partial charge in [-0.1, -0.05) is 0 Å². The van der Waals surface area contributed by atoms with Gasteiger partial charge in [0.1, 0.15) is 11.3 Å². The third-order valence-electron chi connectivity index (χ3n) is 4.23. The van der Waals surface area contributed by atoms with Gasteiger partial charge in [0, 0.05) is 26.7 Å². The van der Waals surface area contributed by atoms with E-state index in [0.29, 0.717) is 32.0 Å². The lowest BCUT2D eigenvalue weighted by Gasteiger charge is -2.35. The number of aliphatic imine (C=N–C) groups is 1. The van der Waals surface area contributed by atoms with Gasteiger partial charge in [-0.25, -0.2) is 17.9 Å². The molecule has 1 rings (SSSR count). The van der Waals surface area contributed by atoms with Crippen LogP contribution in [0.25, 0.3) is 0 Å². The fraction of sp³-hybridized carbons (Fsp3) is 0.889. The molecule has 0 aliphatic carbocycles. The molecule has 2 unspecified atom stereocenters. The minimum atomic E-state index is -3.18. The zero-order valence-electron chi connectivity index (χ0n) is 18.8. The predicted octanol–water partition coefficient (Wildman–Crippen LogP) is 0.851. The summed E-state index contributed by atoms with van der Waals surface area (Å²) in [6.45, 7) is 12.4. The van der Waals surface area contributed by atoms with E-state index in [4.69, 9.17) is 9.47 Å². The fourth-order valence-corrected chi connectivity index (χ4v) is 3.61. The summed E-state index contributed by atoms with van der Waals surface area (Å²) in [6, 6.07) is -0.245. The van der Waals surface area contributed by atoms with E-state index < -0.39 is 27.4 Å². The van der Waals surface area contributed by atoms with Crippen LogP contribution in [0.4, 0.5) is 4.79 Å². The van der Waals surface area contributed by atoms with Crippen molar-refractivity contribution in [2.75, 3.05) is 32.9 Å². The lowest BCUT2D eigenvalue weighted by Crippen LogP contribution is -2.54. The molecule has 0 aromatic carbocycles. The number of rotatable bonds is 7. The first kappa shape index (κ1) is 25.4. The summed E-state index contributed by atoms with van der Waals surface area (Å²) in [7, 11) is -1.54. The number of hydrogen-bond donors (Lipinski definition) is 3. The molecule has 0 bridgehead atoms. The van der Waals surface area contributed by atoms with Crippen molar-refractivity contribution in [2.24, 2.45) is 4.99 Å². The van der Waals surface area contributed by atoms with Gasteiger partial charge in [-0.15, -0.1) is 0 Å². The van der Waals surface area contributed by atoms with Crippen LogP contribution >= 0.6 is 0 Å². The monoisotopic (exact) mass is 435 g/mol. The number of sulfonamides is 1. The molecule has 29 heavy (non-hydrogen) atoms. The number of carbonyl (C=O) groups is 1. The minimum absolute atomic E-state index is 0.193. The number of carbonyl (C=O) groups excluding carboxylic acids is 1. The zero-order chi connectivity index (χ0) is 22.5. The molecule has 0 saturated carbocycles. The Kier molecular flexibility index (Phi) is 8.73. The van der Waals surface area contributed by atoms with E-state index in [1.807, 2.05) is 41.5 Å². The maximum Gasteiger partial charge on any atom is 0.412 e. The Bertz CT molecular complexity index is 687. The standard InChI is InChI=1S/C18H37N5O5S/c1-13-14(23(18(5,6)27-13)16(24)28-17(2,3)4)12-21-15(19-7)20-10-9-11-22-29(8,25)26/h13-14,22H,9-12H2,1-8H3,(H2,19,20,21). The van der Waals surface area contributed by atoms with E-state index in [1.54, 1.807) is 11.9 Å². The SMILES string of the molecule is CN=C(NCCCNS(C)(=O)=O)NCC1C(C)OC(C)(C)N1C(=O)OC(C)(C)C. The van der Waals surface area contributed by atoms with Gasteiger partial charge in [0.2, 0.25) is 10.0 Å². The number of nitrogens with zero attached hydrogens (tertiary/aromatic N) is 2. The number of guanidine groups is 1. The van der Waals surface area contributed by atoms with Crippen molar-refractivity contribution in [1.29, 1.82) is 0 Å². The van der Waals surface area contributed by atoms with Crippen LogP contribution in [0.15, 0.2) is 4.99 Å². The predicted molar refractivity (Wildman–Crippen MR) is 113 cm³/mol. The van der Waals surface area contributed by atoms with Gasteiger partial charge in [-0.2, -0.15) is 0 Å². The topological polar surface area (TPSA) is 121 Å². The van der Waals surface area contributed by atoms with Gasteiger partial charge in [0.05, 0.1) is 18.4 Å². The zero-order valence-corrected chi connectivity index (χ0v) is 19.6. The van der Waals surface area contributed by atoms with Crippen LogP contribution in [0, 0.1) is 0 Å². The molecule has 1 fully saturated rings. The molecular formula is C18H37N5O5S. The van der Waals surface area contributed by atoms with Crippen molar-refractivity contribution < 1.29 is 22.7 Å². The smallest absolute Gasteiger partial charge is 0.412 e. The molecule has 1 saturated heterocycles. The average Bonchev–Trinajstić information content (AvgIpc) is 2.75. The number of ether oxygens (including phenoxy) is 2. The molecule has 0 radical (unpaired) electrons. The molecule has 0 aromatic rings. The highest BCUT2D eigenvalue weighted by atomic mass is 32.2. The molecule has 1 amide bonds. The van der Waals surface area contributed by atoms with Gasteiger partial charge < -0.3 is 20.1 Å². The van der Waals surface area contributed by atoms with Crippen molar-refractivity contribution >= 4 is 22.1 Å². The summed E-state index contributed by atoms with van der Waals surface area (Å²) in [4.78, 5) is 18.6. The summed E-state index contributed by atoms with van der Waals surface area (Å²) in [6.07, 6.45) is 1.12. The third kappa shape index (κ3) is 8.75. The second-order valence-corrected chi connectivity index (χ2v) is 10.4. The molecular weight excluding hydrogens is 398 g/mol. The number of nitrogens with one attached hydrogen (secondary N) is 3. The van der Waals surface area contributed by atoms with E-state index in [0.717, 1.165) is 6.26 Å². The van der Waals surface area contributed by atoms with E-state index in [2.05, 4.69) is 20.3 Å². The van der Waals surface area contributed by atoms with Crippen LogP contribution in [-0.2, 0) is 19.5 Å². The summed E-state index contributed by atoms with van der Waals surface area (Å²) in [5.74, 6) is 0.561. The maximum absolute atomic E-state index is 12.8. The first-order valence-corrected chi connectivity index (χ1v) is 11.6. The first-order valence-electron chi connectivity index (χ1n) is 9.75. The molecule has 1 aliphatic heterocycles. The molecule has 3 N–H and O–H groups in total. The molecule has 170 valence electrons. The summed E-state index contributed by atoms with van der Waals surface area (Å²) < 4.78 is 36.1. The van der Waals surface area contributed by atoms with E-state index in [-0.39, 0.29) is 12.1 Å². The van der Waals surface area contributed by atoms with Gasteiger partial charge in [0.25, 0.3) is 0 Å². The summed E-state index contributed by atoms with van der Waals surface area (Å²) in [5, 5.41) is 6.33. The Labute approximate surface area is 174 Å². The Morgan fingerprint density at radius 2 is 1.86 bits per heavy atom. The number of amides is 1. The van der Waals surface area contributed by atoms with Gasteiger partial charge in [0.15, 0.2) is 5.96 Å². The fourth-order valence-electron chi connectivity index (χ4n) is 3.10. The van der Waals surface area contributed by atoms with Crippen LogP contribution < -0.4 is 15.4 Å². The Balaban J connectivity index is 2.64. The van der Waals surface area contributed by atoms with Crippen LogP contribution in [0.3, 0.4) is 0 Å². The molecule has 11 heteroatoms. The van der Waals surface area contributed by atoms with Crippen LogP contribution in [0.2, 0.25) is 0 Å². The normalized spacial score (nSPS) is 22.5. The van der Waals surface area contributed by atoms with Crippen molar-refractivity contribution in [1.82, 2.24) is 20.3 Å². The molecule has 1 aliphatic rings. The Hall–Kier alpha value is -1.59. The molecule has 0 spiro atoms.